The minimum atomic E-state index is 0.274. The van der Waals surface area contributed by atoms with Gasteiger partial charge in [0.05, 0.1) is 4.88 Å². The summed E-state index contributed by atoms with van der Waals surface area (Å²) in [4.78, 5) is 9.71. The lowest BCUT2D eigenvalue weighted by molar-refractivity contribution is 1.33. The van der Waals surface area contributed by atoms with Crippen LogP contribution < -0.4 is 5.73 Å². The third-order valence-corrected chi connectivity index (χ3v) is 5.11. The summed E-state index contributed by atoms with van der Waals surface area (Å²) < 4.78 is 0. The van der Waals surface area contributed by atoms with Crippen LogP contribution in [-0.4, -0.2) is 17.2 Å². The molecule has 3 aromatic rings. The van der Waals surface area contributed by atoms with Crippen molar-refractivity contribution in [3.8, 4) is 21.6 Å². The minimum Gasteiger partial charge on any atom is -0.382 e. The Kier molecular flexibility index (Phi) is 4.94. The van der Waals surface area contributed by atoms with Gasteiger partial charge in [0.2, 0.25) is 0 Å². The molecule has 0 amide bonds. The van der Waals surface area contributed by atoms with Gasteiger partial charge in [-0.3, -0.25) is 10.4 Å². The van der Waals surface area contributed by atoms with E-state index < -0.39 is 0 Å². The summed E-state index contributed by atoms with van der Waals surface area (Å²) in [5.74, 6) is 0.274. The molecular weight excluding hydrogens is 363 g/mol. The Morgan fingerprint density at radius 1 is 1.12 bits per heavy atom. The Balaban J connectivity index is 2.21. The number of nitrogens with one attached hydrogen (secondary N) is 1. The second-order valence-electron chi connectivity index (χ2n) is 4.86. The molecule has 120 valence electrons. The first-order valence-electron chi connectivity index (χ1n) is 6.92. The number of pyridine rings is 1. The van der Waals surface area contributed by atoms with Crippen LogP contribution >= 0.6 is 34.5 Å². The SMILES string of the molecule is N=CN=C(N)c1sc(-c2ccncc2)cc1-c1ccc(Cl)cc1Cl. The first-order valence-corrected chi connectivity index (χ1v) is 8.49. The van der Waals surface area contributed by atoms with Crippen LogP contribution in [0.2, 0.25) is 10.0 Å². The predicted molar refractivity (Wildman–Crippen MR) is 103 cm³/mol. The van der Waals surface area contributed by atoms with Gasteiger partial charge in [0.25, 0.3) is 0 Å². The molecule has 0 aliphatic carbocycles. The number of halogens is 2. The minimum absolute atomic E-state index is 0.274. The third-order valence-electron chi connectivity index (χ3n) is 3.35. The highest BCUT2D eigenvalue weighted by Gasteiger charge is 2.17. The lowest BCUT2D eigenvalue weighted by atomic mass is 10.0. The van der Waals surface area contributed by atoms with Gasteiger partial charge in [-0.1, -0.05) is 29.3 Å². The van der Waals surface area contributed by atoms with Crippen LogP contribution in [0.25, 0.3) is 21.6 Å². The first kappa shape index (κ1) is 16.6. The molecule has 0 fully saturated rings. The highest BCUT2D eigenvalue weighted by atomic mass is 35.5. The highest BCUT2D eigenvalue weighted by Crippen LogP contribution is 2.40. The number of nitrogens with zero attached hydrogens (tertiary/aromatic N) is 2. The number of benzene rings is 1. The van der Waals surface area contributed by atoms with E-state index in [1.165, 1.54) is 11.3 Å². The van der Waals surface area contributed by atoms with Crippen molar-refractivity contribution < 1.29 is 0 Å². The zero-order valence-corrected chi connectivity index (χ0v) is 14.7. The van der Waals surface area contributed by atoms with Gasteiger partial charge in [-0.2, -0.15) is 0 Å². The number of aliphatic imine (C=N–C) groups is 1. The number of thiophene rings is 1. The molecule has 0 bridgehead atoms. The lowest BCUT2D eigenvalue weighted by Gasteiger charge is -2.06. The molecule has 1 aromatic carbocycles. The van der Waals surface area contributed by atoms with E-state index in [0.717, 1.165) is 32.8 Å². The molecule has 0 aliphatic rings. The Hall–Kier alpha value is -2.21. The van der Waals surface area contributed by atoms with Crippen LogP contribution in [0, 0.1) is 5.41 Å². The van der Waals surface area contributed by atoms with Crippen molar-refractivity contribution in [2.45, 2.75) is 0 Å². The molecule has 7 heteroatoms. The van der Waals surface area contributed by atoms with Crippen LogP contribution in [-0.2, 0) is 0 Å². The predicted octanol–water partition coefficient (Wildman–Crippen LogP) is 5.10. The summed E-state index contributed by atoms with van der Waals surface area (Å²) in [6.45, 7) is 0. The van der Waals surface area contributed by atoms with Crippen molar-refractivity contribution in [1.29, 1.82) is 5.41 Å². The van der Waals surface area contributed by atoms with Gasteiger partial charge in [0, 0.05) is 38.4 Å². The molecule has 4 nitrogen and oxygen atoms in total. The largest absolute Gasteiger partial charge is 0.382 e. The first-order chi connectivity index (χ1) is 11.6. The topological polar surface area (TPSA) is 75.1 Å². The van der Waals surface area contributed by atoms with E-state index in [0.29, 0.717) is 10.0 Å². The fourth-order valence-electron chi connectivity index (χ4n) is 2.28. The van der Waals surface area contributed by atoms with Gasteiger partial charge in [0.1, 0.15) is 12.2 Å². The van der Waals surface area contributed by atoms with Gasteiger partial charge < -0.3 is 5.73 Å². The molecule has 0 unspecified atom stereocenters. The Labute approximate surface area is 153 Å². The van der Waals surface area contributed by atoms with Crippen LogP contribution in [0.3, 0.4) is 0 Å². The smallest absolute Gasteiger partial charge is 0.143 e. The summed E-state index contributed by atoms with van der Waals surface area (Å²) >= 11 is 13.8. The summed E-state index contributed by atoms with van der Waals surface area (Å²) in [6, 6.07) is 11.2. The maximum atomic E-state index is 7.16. The van der Waals surface area contributed by atoms with Crippen LogP contribution in [0.4, 0.5) is 0 Å². The molecule has 0 saturated heterocycles. The summed E-state index contributed by atoms with van der Waals surface area (Å²) in [5.41, 5.74) is 8.74. The molecule has 0 aliphatic heterocycles. The number of rotatable bonds is 4. The third kappa shape index (κ3) is 3.33. The number of aromatic nitrogens is 1. The maximum Gasteiger partial charge on any atom is 0.143 e. The van der Waals surface area contributed by atoms with E-state index in [-0.39, 0.29) is 5.84 Å². The molecule has 0 atom stereocenters. The number of hydrogen-bond donors (Lipinski definition) is 2. The second kappa shape index (κ2) is 7.13. The monoisotopic (exact) mass is 374 g/mol. The molecule has 3 N–H and O–H groups in total. The molecule has 0 spiro atoms. The van der Waals surface area contributed by atoms with Crippen molar-refractivity contribution in [2.24, 2.45) is 10.7 Å². The fraction of sp³-hybridized carbons (Fsp3) is 0. The summed E-state index contributed by atoms with van der Waals surface area (Å²) in [6.07, 6.45) is 4.39. The van der Waals surface area contributed by atoms with E-state index in [2.05, 4.69) is 9.98 Å². The lowest BCUT2D eigenvalue weighted by Crippen LogP contribution is -2.12. The molecule has 24 heavy (non-hydrogen) atoms. The second-order valence-corrected chi connectivity index (χ2v) is 6.75. The highest BCUT2D eigenvalue weighted by molar-refractivity contribution is 7.18. The average Bonchev–Trinajstić information content (AvgIpc) is 3.01. The molecule has 2 aromatic heterocycles. The Bertz CT molecular complexity index is 920. The van der Waals surface area contributed by atoms with Gasteiger partial charge in [-0.15, -0.1) is 11.3 Å². The standard InChI is InChI=1S/C17H12Cl2N4S/c18-11-1-2-12(14(19)7-11)13-8-15(10-3-5-22-6-4-10)24-16(13)17(21)23-9-20/h1-9H,(H3,20,21,23). The van der Waals surface area contributed by atoms with Crippen LogP contribution in [0.1, 0.15) is 4.88 Å². The van der Waals surface area contributed by atoms with Crippen LogP contribution in [0.5, 0.6) is 0 Å². The van der Waals surface area contributed by atoms with E-state index in [9.17, 15) is 0 Å². The normalized spacial score (nSPS) is 11.5. The van der Waals surface area contributed by atoms with Crippen LogP contribution in [0.15, 0.2) is 53.8 Å². The van der Waals surface area contributed by atoms with E-state index in [4.69, 9.17) is 34.3 Å². The summed E-state index contributed by atoms with van der Waals surface area (Å²) in [5, 5.41) is 8.26. The molecule has 3 rings (SSSR count). The zero-order valence-electron chi connectivity index (χ0n) is 12.3. The number of hydrogen-bond acceptors (Lipinski definition) is 3. The number of nitrogens with two attached hydrogens (primary N) is 1. The van der Waals surface area contributed by atoms with E-state index in [1.54, 1.807) is 24.5 Å². The quantitative estimate of drug-likeness (QED) is 0.492. The van der Waals surface area contributed by atoms with E-state index in [1.807, 2.05) is 24.3 Å². The molecule has 0 saturated carbocycles. The van der Waals surface area contributed by atoms with Crippen molar-refractivity contribution in [3.05, 3.63) is 63.7 Å². The van der Waals surface area contributed by atoms with Crippen molar-refractivity contribution in [2.75, 3.05) is 0 Å². The van der Waals surface area contributed by atoms with Gasteiger partial charge in [0.15, 0.2) is 0 Å². The van der Waals surface area contributed by atoms with Gasteiger partial charge >= 0.3 is 0 Å². The average molecular weight is 375 g/mol. The van der Waals surface area contributed by atoms with Crippen molar-refractivity contribution >= 4 is 46.7 Å². The molecule has 2 heterocycles. The van der Waals surface area contributed by atoms with E-state index >= 15 is 0 Å². The maximum absolute atomic E-state index is 7.16. The Morgan fingerprint density at radius 2 is 1.88 bits per heavy atom. The zero-order chi connectivity index (χ0) is 17.1. The molecule has 0 radical (unpaired) electrons. The van der Waals surface area contributed by atoms with Gasteiger partial charge in [-0.05, 0) is 35.9 Å². The number of amidine groups is 1. The summed E-state index contributed by atoms with van der Waals surface area (Å²) in [7, 11) is 0. The van der Waals surface area contributed by atoms with Crippen molar-refractivity contribution in [1.82, 2.24) is 4.98 Å². The molecular formula is C17H12Cl2N4S. The van der Waals surface area contributed by atoms with Crippen molar-refractivity contribution in [3.63, 3.8) is 0 Å². The fourth-order valence-corrected chi connectivity index (χ4v) is 3.87. The Morgan fingerprint density at radius 3 is 2.54 bits per heavy atom. The van der Waals surface area contributed by atoms with Gasteiger partial charge in [-0.25, -0.2) is 4.99 Å².